The number of rotatable bonds is 4. The number of hydrogen-bond acceptors (Lipinski definition) is 3. The van der Waals surface area contributed by atoms with Crippen LogP contribution in [0.25, 0.3) is 0 Å². The molecular weight excluding hydrogens is 140 g/mol. The Labute approximate surface area is 68.9 Å². The maximum absolute atomic E-state index is 7.51. The second kappa shape index (κ2) is 5.13. The van der Waals surface area contributed by atoms with E-state index >= 15 is 0 Å². The minimum atomic E-state index is 0.134. The molecule has 0 saturated heterocycles. The van der Waals surface area contributed by atoms with Gasteiger partial charge in [-0.3, -0.25) is 10.3 Å². The predicted octanol–water partition coefficient (Wildman–Crippen LogP) is 1.34. The minimum absolute atomic E-state index is 0.134. The van der Waals surface area contributed by atoms with E-state index in [-0.39, 0.29) is 6.04 Å². The largest absolute Gasteiger partial charge is 0.480 e. The van der Waals surface area contributed by atoms with Crippen LogP contribution in [0.4, 0.5) is 0 Å². The molecule has 0 spiro atoms. The highest BCUT2D eigenvalue weighted by molar-refractivity contribution is 5.78. The van der Waals surface area contributed by atoms with Crippen LogP contribution in [-0.4, -0.2) is 37.5 Å². The molecule has 0 fully saturated rings. The van der Waals surface area contributed by atoms with Gasteiger partial charge in [-0.2, -0.15) is 0 Å². The highest BCUT2D eigenvalue weighted by Crippen LogP contribution is 2.01. The highest BCUT2D eigenvalue weighted by Gasteiger charge is 2.15. The molecule has 11 heavy (non-hydrogen) atoms. The first-order valence-corrected chi connectivity index (χ1v) is 4.01. The van der Waals surface area contributed by atoms with Gasteiger partial charge in [-0.05, 0) is 27.4 Å². The molecule has 0 saturated carbocycles. The topological polar surface area (TPSA) is 36.3 Å². The lowest BCUT2D eigenvalue weighted by molar-refractivity contribution is 0.254. The summed E-state index contributed by atoms with van der Waals surface area (Å²) in [6.07, 6.45) is 0.922. The molecular formula is C8H18N2O. The van der Waals surface area contributed by atoms with Gasteiger partial charge in [0.05, 0.1) is 12.6 Å². The van der Waals surface area contributed by atoms with Crippen LogP contribution in [0.5, 0.6) is 0 Å². The molecule has 0 aliphatic carbocycles. The second-order valence-electron chi connectivity index (χ2n) is 2.68. The first kappa shape index (κ1) is 10.4. The van der Waals surface area contributed by atoms with E-state index in [2.05, 4.69) is 6.92 Å². The van der Waals surface area contributed by atoms with Gasteiger partial charge in [-0.1, -0.05) is 6.92 Å². The zero-order valence-electron chi connectivity index (χ0n) is 7.85. The molecule has 0 aromatic heterocycles. The highest BCUT2D eigenvalue weighted by atomic mass is 16.5. The van der Waals surface area contributed by atoms with Crippen LogP contribution in [0.1, 0.15) is 20.3 Å². The van der Waals surface area contributed by atoms with Crippen LogP contribution in [0.3, 0.4) is 0 Å². The predicted molar refractivity (Wildman–Crippen MR) is 47.1 cm³/mol. The van der Waals surface area contributed by atoms with Gasteiger partial charge in [0.1, 0.15) is 0 Å². The first-order valence-electron chi connectivity index (χ1n) is 4.01. The van der Waals surface area contributed by atoms with E-state index < -0.39 is 0 Å². The Hall–Kier alpha value is -0.570. The first-order chi connectivity index (χ1) is 5.13. The summed E-state index contributed by atoms with van der Waals surface area (Å²) in [6.45, 7) is 4.54. The Morgan fingerprint density at radius 1 is 1.45 bits per heavy atom. The van der Waals surface area contributed by atoms with E-state index in [0.717, 1.165) is 6.42 Å². The lowest BCUT2D eigenvalue weighted by Gasteiger charge is -2.22. The van der Waals surface area contributed by atoms with Crippen LogP contribution in [-0.2, 0) is 4.74 Å². The number of ether oxygens (including phenoxy) is 1. The van der Waals surface area contributed by atoms with Gasteiger partial charge >= 0.3 is 0 Å². The zero-order valence-corrected chi connectivity index (χ0v) is 7.85. The summed E-state index contributed by atoms with van der Waals surface area (Å²) in [5, 5.41) is 7.51. The molecule has 3 heteroatoms. The molecule has 66 valence electrons. The minimum Gasteiger partial charge on any atom is -0.480 e. The maximum Gasteiger partial charge on any atom is 0.198 e. The van der Waals surface area contributed by atoms with Crippen LogP contribution in [0.15, 0.2) is 0 Å². The molecule has 3 nitrogen and oxygen atoms in total. The molecule has 1 unspecified atom stereocenters. The average molecular weight is 158 g/mol. The number of nitrogens with zero attached hydrogens (tertiary/aromatic N) is 1. The fourth-order valence-electron chi connectivity index (χ4n) is 1.04. The van der Waals surface area contributed by atoms with E-state index in [1.54, 1.807) is 0 Å². The van der Waals surface area contributed by atoms with E-state index in [9.17, 15) is 0 Å². The molecule has 0 radical (unpaired) electrons. The Kier molecular flexibility index (Phi) is 4.86. The lowest BCUT2D eigenvalue weighted by atomic mass is 10.2. The normalized spacial score (nSPS) is 13.2. The molecule has 0 aromatic rings. The van der Waals surface area contributed by atoms with Gasteiger partial charge in [0.2, 0.25) is 0 Å². The van der Waals surface area contributed by atoms with Gasteiger partial charge in [0.25, 0.3) is 0 Å². The summed E-state index contributed by atoms with van der Waals surface area (Å²) in [4.78, 5) is 2.00. The van der Waals surface area contributed by atoms with Crippen molar-refractivity contribution in [3.05, 3.63) is 0 Å². The molecule has 0 aliphatic rings. The van der Waals surface area contributed by atoms with Crippen molar-refractivity contribution < 1.29 is 4.74 Å². The van der Waals surface area contributed by atoms with Crippen molar-refractivity contribution in [2.45, 2.75) is 26.3 Å². The standard InChI is InChI=1S/C8H18N2O/c1-5-7(10(3)4)8(9)11-6-2/h7,9H,5-6H2,1-4H3. The van der Waals surface area contributed by atoms with E-state index in [4.69, 9.17) is 10.1 Å². The molecule has 0 amide bonds. The molecule has 0 rings (SSSR count). The van der Waals surface area contributed by atoms with E-state index in [0.29, 0.717) is 12.5 Å². The fraction of sp³-hybridized carbons (Fsp3) is 0.875. The second-order valence-corrected chi connectivity index (χ2v) is 2.68. The van der Waals surface area contributed by atoms with Gasteiger partial charge in [-0.15, -0.1) is 0 Å². The third kappa shape index (κ3) is 3.37. The lowest BCUT2D eigenvalue weighted by Crippen LogP contribution is -2.36. The third-order valence-electron chi connectivity index (χ3n) is 1.61. The van der Waals surface area contributed by atoms with Crippen LogP contribution >= 0.6 is 0 Å². The van der Waals surface area contributed by atoms with Crippen molar-refractivity contribution in [1.29, 1.82) is 5.41 Å². The Morgan fingerprint density at radius 3 is 2.27 bits per heavy atom. The van der Waals surface area contributed by atoms with Gasteiger partial charge in [0.15, 0.2) is 5.90 Å². The summed E-state index contributed by atoms with van der Waals surface area (Å²) in [5.74, 6) is 0.375. The van der Waals surface area contributed by atoms with Gasteiger partial charge in [0, 0.05) is 0 Å². The summed E-state index contributed by atoms with van der Waals surface area (Å²) in [6, 6.07) is 0.134. The maximum atomic E-state index is 7.51. The smallest absolute Gasteiger partial charge is 0.198 e. The third-order valence-corrected chi connectivity index (χ3v) is 1.61. The molecule has 1 N–H and O–H groups in total. The Morgan fingerprint density at radius 2 is 2.00 bits per heavy atom. The number of hydrogen-bond donors (Lipinski definition) is 1. The summed E-state index contributed by atoms with van der Waals surface area (Å²) < 4.78 is 5.10. The van der Waals surface area contributed by atoms with Gasteiger partial charge in [-0.25, -0.2) is 0 Å². The molecule has 0 aromatic carbocycles. The summed E-state index contributed by atoms with van der Waals surface area (Å²) >= 11 is 0. The van der Waals surface area contributed by atoms with Crippen LogP contribution in [0.2, 0.25) is 0 Å². The van der Waals surface area contributed by atoms with Crippen molar-refractivity contribution in [1.82, 2.24) is 4.90 Å². The molecule has 0 aliphatic heterocycles. The summed E-state index contributed by atoms with van der Waals surface area (Å²) in [7, 11) is 3.92. The molecule has 0 heterocycles. The average Bonchev–Trinajstić information content (AvgIpc) is 1.88. The van der Waals surface area contributed by atoms with E-state index in [1.807, 2.05) is 25.9 Å². The van der Waals surface area contributed by atoms with Crippen molar-refractivity contribution in [2.24, 2.45) is 0 Å². The monoisotopic (exact) mass is 158 g/mol. The van der Waals surface area contributed by atoms with Crippen LogP contribution in [0, 0.1) is 5.41 Å². The van der Waals surface area contributed by atoms with Crippen molar-refractivity contribution in [3.63, 3.8) is 0 Å². The number of nitrogens with one attached hydrogen (secondary N) is 1. The number of likely N-dealkylation sites (N-methyl/N-ethyl adjacent to an activating group) is 1. The van der Waals surface area contributed by atoms with Crippen molar-refractivity contribution in [2.75, 3.05) is 20.7 Å². The molecule has 1 atom stereocenters. The van der Waals surface area contributed by atoms with Crippen molar-refractivity contribution >= 4 is 5.90 Å². The van der Waals surface area contributed by atoms with Gasteiger partial charge < -0.3 is 4.74 Å². The van der Waals surface area contributed by atoms with E-state index in [1.165, 1.54) is 0 Å². The Bertz CT molecular complexity index is 123. The SMILES string of the molecule is CCOC(=N)C(CC)N(C)C. The fourth-order valence-corrected chi connectivity index (χ4v) is 1.04. The quantitative estimate of drug-likeness (QED) is 0.495. The molecule has 0 bridgehead atoms. The summed E-state index contributed by atoms with van der Waals surface area (Å²) in [5.41, 5.74) is 0. The Balaban J connectivity index is 3.92. The zero-order chi connectivity index (χ0) is 8.85. The van der Waals surface area contributed by atoms with Crippen molar-refractivity contribution in [3.8, 4) is 0 Å². The van der Waals surface area contributed by atoms with Crippen LogP contribution < -0.4 is 0 Å².